The molecule has 21 heavy (non-hydrogen) atoms. The van der Waals surface area contributed by atoms with E-state index in [1.807, 2.05) is 0 Å². The Hall–Kier alpha value is -0.680. The third kappa shape index (κ3) is 10.7. The maximum absolute atomic E-state index is 10.9. The van der Waals surface area contributed by atoms with E-state index in [-0.39, 0.29) is 0 Å². The van der Waals surface area contributed by atoms with Crippen molar-refractivity contribution in [1.29, 1.82) is 5.39 Å². The molecule has 0 aromatic heterocycles. The summed E-state index contributed by atoms with van der Waals surface area (Å²) >= 11 is 0. The summed E-state index contributed by atoms with van der Waals surface area (Å²) in [5, 5.41) is 7.75. The van der Waals surface area contributed by atoms with Crippen LogP contribution in [0.25, 0.3) is 4.38 Å². The van der Waals surface area contributed by atoms with Gasteiger partial charge < -0.3 is 0 Å². The SMILES string of the molecule is CCCCCCS(C)(=O)=O.N#[N+]S(=O)(=O)C1CCCCC1. The van der Waals surface area contributed by atoms with E-state index in [0.29, 0.717) is 18.6 Å². The predicted molar refractivity (Wildman–Crippen MR) is 84.7 cm³/mol. The van der Waals surface area contributed by atoms with Crippen molar-refractivity contribution in [1.82, 2.24) is 0 Å². The molecule has 8 heteroatoms. The highest BCUT2D eigenvalue weighted by molar-refractivity contribution is 7.93. The highest BCUT2D eigenvalue weighted by atomic mass is 32.2. The quantitative estimate of drug-likeness (QED) is 0.547. The first-order valence-electron chi connectivity index (χ1n) is 7.51. The summed E-state index contributed by atoms with van der Waals surface area (Å²) in [4.78, 5) is 0. The molecule has 1 fully saturated rings. The third-order valence-electron chi connectivity index (χ3n) is 3.46. The number of rotatable bonds is 6. The van der Waals surface area contributed by atoms with Crippen molar-refractivity contribution in [2.45, 2.75) is 70.0 Å². The fourth-order valence-corrected chi connectivity index (χ4v) is 4.01. The van der Waals surface area contributed by atoms with E-state index in [1.54, 1.807) is 0 Å². The topological polar surface area (TPSA) is 96.4 Å². The van der Waals surface area contributed by atoms with Crippen LogP contribution in [-0.2, 0) is 19.9 Å². The first kappa shape index (κ1) is 20.3. The van der Waals surface area contributed by atoms with Gasteiger partial charge >= 0.3 is 10.0 Å². The molecule has 0 heterocycles. The fourth-order valence-electron chi connectivity index (χ4n) is 2.22. The molecule has 124 valence electrons. The normalized spacial score (nSPS) is 16.6. The van der Waals surface area contributed by atoms with Crippen LogP contribution in [-0.4, -0.2) is 34.1 Å². The minimum atomic E-state index is -3.54. The highest BCUT2D eigenvalue weighted by Gasteiger charge is 2.37. The van der Waals surface area contributed by atoms with Gasteiger partial charge in [0.05, 0.1) is 0 Å². The summed E-state index contributed by atoms with van der Waals surface area (Å²) in [5.74, 6) is 0.354. The number of sulfonamides is 1. The van der Waals surface area contributed by atoms with Crippen LogP contribution < -0.4 is 0 Å². The summed E-state index contributed by atoms with van der Waals surface area (Å²) in [5.41, 5.74) is 0. The molecule has 1 aliphatic rings. The van der Waals surface area contributed by atoms with Crippen molar-refractivity contribution in [3.05, 3.63) is 4.38 Å². The molecule has 0 aromatic carbocycles. The number of hydrogen-bond acceptors (Lipinski definition) is 5. The molecule has 0 unspecified atom stereocenters. The summed E-state index contributed by atoms with van der Waals surface area (Å²) in [6.07, 6.45) is 9.71. The standard InChI is InChI=1S/C7H16O2S.C6H11N2O2S/c1-3-4-5-6-7-10(2,8)9;7-8-11(9,10)6-4-2-1-3-5-6/h3-7H2,1-2H3;6H,1-5H2/q;+1. The Bertz CT molecular complexity index is 515. The van der Waals surface area contributed by atoms with Crippen LogP contribution in [0.15, 0.2) is 0 Å². The molecule has 0 amide bonds. The van der Waals surface area contributed by atoms with Gasteiger partial charge in [0, 0.05) is 12.0 Å². The van der Waals surface area contributed by atoms with E-state index in [1.165, 1.54) is 6.26 Å². The van der Waals surface area contributed by atoms with Gasteiger partial charge in [-0.3, -0.25) is 0 Å². The van der Waals surface area contributed by atoms with Gasteiger partial charge in [-0.2, -0.15) is 0 Å². The smallest absolute Gasteiger partial charge is 0.229 e. The number of sulfone groups is 1. The minimum Gasteiger partial charge on any atom is -0.229 e. The number of nitrogens with zero attached hydrogens (tertiary/aromatic N) is 2. The van der Waals surface area contributed by atoms with Gasteiger partial charge in [0.2, 0.25) is 5.39 Å². The molecule has 0 spiro atoms. The molecule has 0 N–H and O–H groups in total. The summed E-state index contributed by atoms with van der Waals surface area (Å²) < 4.78 is 45.5. The van der Waals surface area contributed by atoms with Crippen LogP contribution in [0.4, 0.5) is 0 Å². The molecule has 0 saturated heterocycles. The Labute approximate surface area is 128 Å². The molecular weight excluding hydrogens is 312 g/mol. The van der Waals surface area contributed by atoms with Gasteiger partial charge in [0.1, 0.15) is 15.1 Å². The zero-order chi connectivity index (χ0) is 16.4. The van der Waals surface area contributed by atoms with Crippen LogP contribution in [0, 0.1) is 5.39 Å². The van der Waals surface area contributed by atoms with Crippen LogP contribution in [0.1, 0.15) is 64.7 Å². The van der Waals surface area contributed by atoms with E-state index in [4.69, 9.17) is 5.39 Å². The van der Waals surface area contributed by atoms with Gasteiger partial charge in [-0.1, -0.05) is 45.4 Å². The maximum atomic E-state index is 10.9. The molecule has 0 aromatic rings. The number of unbranched alkanes of at least 4 members (excludes halogenated alkanes) is 3. The van der Waals surface area contributed by atoms with Crippen molar-refractivity contribution < 1.29 is 16.8 Å². The maximum Gasteiger partial charge on any atom is 0.523 e. The second-order valence-corrected chi connectivity index (χ2v) is 9.67. The Kier molecular flexibility index (Phi) is 9.79. The van der Waals surface area contributed by atoms with E-state index >= 15 is 0 Å². The molecule has 0 atom stereocenters. The van der Waals surface area contributed by atoms with Crippen LogP contribution in [0.3, 0.4) is 0 Å². The monoisotopic (exact) mass is 339 g/mol. The van der Waals surface area contributed by atoms with Crippen molar-refractivity contribution in [3.63, 3.8) is 0 Å². The lowest BCUT2D eigenvalue weighted by molar-refractivity contribution is 0.487. The van der Waals surface area contributed by atoms with Crippen molar-refractivity contribution in [3.8, 4) is 0 Å². The minimum absolute atomic E-state index is 0.354. The zero-order valence-electron chi connectivity index (χ0n) is 13.0. The summed E-state index contributed by atoms with van der Waals surface area (Å²) in [6, 6.07) is 0. The molecule has 1 aliphatic carbocycles. The Balaban J connectivity index is 0.000000384. The fraction of sp³-hybridized carbons (Fsp3) is 1.00. The second kappa shape index (κ2) is 10.1. The van der Waals surface area contributed by atoms with Gasteiger partial charge in [-0.25, -0.2) is 8.42 Å². The zero-order valence-corrected chi connectivity index (χ0v) is 14.6. The average Bonchev–Trinajstić information content (AvgIpc) is 2.44. The molecule has 0 aliphatic heterocycles. The summed E-state index contributed by atoms with van der Waals surface area (Å²) in [7, 11) is -6.25. The predicted octanol–water partition coefficient (Wildman–Crippen LogP) is 3.11. The largest absolute Gasteiger partial charge is 0.523 e. The first-order valence-corrected chi connectivity index (χ1v) is 11.1. The highest BCUT2D eigenvalue weighted by Crippen LogP contribution is 2.24. The molecule has 0 bridgehead atoms. The van der Waals surface area contributed by atoms with Crippen molar-refractivity contribution >= 4 is 19.9 Å². The van der Waals surface area contributed by atoms with Crippen molar-refractivity contribution in [2.24, 2.45) is 0 Å². The first-order chi connectivity index (χ1) is 9.73. The lowest BCUT2D eigenvalue weighted by Crippen LogP contribution is -2.20. The lowest BCUT2D eigenvalue weighted by Gasteiger charge is -2.12. The summed E-state index contributed by atoms with van der Waals surface area (Å²) in [6.45, 7) is 2.11. The van der Waals surface area contributed by atoms with E-state index in [9.17, 15) is 16.8 Å². The molecule has 6 nitrogen and oxygen atoms in total. The van der Waals surface area contributed by atoms with Gasteiger partial charge in [0.25, 0.3) is 4.38 Å². The van der Waals surface area contributed by atoms with Gasteiger partial charge in [-0.05, 0) is 19.3 Å². The second-order valence-electron chi connectivity index (χ2n) is 5.55. The van der Waals surface area contributed by atoms with Gasteiger partial charge in [-0.15, -0.1) is 8.42 Å². The van der Waals surface area contributed by atoms with E-state index < -0.39 is 25.1 Å². The molecule has 1 saturated carbocycles. The van der Waals surface area contributed by atoms with Crippen molar-refractivity contribution in [2.75, 3.05) is 12.0 Å². The Morgan fingerprint density at radius 2 is 1.57 bits per heavy atom. The molecule has 0 radical (unpaired) electrons. The van der Waals surface area contributed by atoms with Crippen LogP contribution in [0.5, 0.6) is 0 Å². The molecule has 1 rings (SSSR count). The van der Waals surface area contributed by atoms with E-state index in [2.05, 4.69) is 11.3 Å². The van der Waals surface area contributed by atoms with E-state index in [0.717, 1.165) is 44.9 Å². The van der Waals surface area contributed by atoms with Gasteiger partial charge in [0.15, 0.2) is 0 Å². The molecular formula is C13H27N2O4S2+. The lowest BCUT2D eigenvalue weighted by atomic mass is 10.0. The Morgan fingerprint density at radius 3 is 2.00 bits per heavy atom. The third-order valence-corrected chi connectivity index (χ3v) is 6.03. The average molecular weight is 340 g/mol. The van der Waals surface area contributed by atoms with Crippen LogP contribution in [0.2, 0.25) is 0 Å². The number of diazo groups is 1. The van der Waals surface area contributed by atoms with Crippen LogP contribution >= 0.6 is 0 Å². The number of hydrogen-bond donors (Lipinski definition) is 0. The Morgan fingerprint density at radius 1 is 1.00 bits per heavy atom.